The number of rotatable bonds is 8. The van der Waals surface area contributed by atoms with Crippen molar-refractivity contribution < 1.29 is 14.7 Å². The molecule has 36 heavy (non-hydrogen) atoms. The van der Waals surface area contributed by atoms with Crippen molar-refractivity contribution in [3.8, 4) is 11.1 Å². The molecule has 0 fully saturated rings. The van der Waals surface area contributed by atoms with Crippen molar-refractivity contribution in [1.82, 2.24) is 4.98 Å². The smallest absolute Gasteiger partial charge is 0.328 e. The molecular formula is C30H27N3O3. The molecule has 0 atom stereocenters. The molecule has 1 amide bonds. The Hall–Kier alpha value is -4.71. The molecule has 0 unspecified atom stereocenters. The minimum absolute atomic E-state index is 0.167. The van der Waals surface area contributed by atoms with Crippen molar-refractivity contribution in [3.63, 3.8) is 0 Å². The summed E-state index contributed by atoms with van der Waals surface area (Å²) >= 11 is 0. The highest BCUT2D eigenvalue weighted by atomic mass is 16.4. The van der Waals surface area contributed by atoms with E-state index in [0.29, 0.717) is 23.4 Å². The van der Waals surface area contributed by atoms with E-state index < -0.39 is 5.97 Å². The number of hydrogen-bond acceptors (Lipinski definition) is 4. The van der Waals surface area contributed by atoms with Gasteiger partial charge in [-0.1, -0.05) is 54.6 Å². The summed E-state index contributed by atoms with van der Waals surface area (Å²) in [6.45, 7) is 0.335. The van der Waals surface area contributed by atoms with E-state index in [9.17, 15) is 9.59 Å². The third-order valence-corrected chi connectivity index (χ3v) is 5.75. The van der Waals surface area contributed by atoms with E-state index in [4.69, 9.17) is 5.11 Å². The summed E-state index contributed by atoms with van der Waals surface area (Å²) in [5.74, 6) is -1.21. The van der Waals surface area contributed by atoms with Gasteiger partial charge in [0.15, 0.2) is 0 Å². The third kappa shape index (κ3) is 6.04. The lowest BCUT2D eigenvalue weighted by Crippen LogP contribution is -2.30. The number of aromatic nitrogens is 1. The Bertz CT molecular complexity index is 1360. The third-order valence-electron chi connectivity index (χ3n) is 5.75. The van der Waals surface area contributed by atoms with Gasteiger partial charge in [-0.15, -0.1) is 0 Å². The standard InChI is InChI=1S/C30H27N3O3/c1-32(2)27-15-13-25(14-16-27)24-11-8-22(9-12-24)21-33(30(36)26-6-4-3-5-7-26)28-18-23(19-31-20-28)10-17-29(34)35/h3-20H,21H2,1-2H3,(H,34,35)/b17-10+. The molecule has 0 saturated heterocycles. The zero-order chi connectivity index (χ0) is 25.5. The molecule has 0 saturated carbocycles. The molecule has 0 bridgehead atoms. The van der Waals surface area contributed by atoms with Gasteiger partial charge in [0.1, 0.15) is 0 Å². The second-order valence-electron chi connectivity index (χ2n) is 8.54. The van der Waals surface area contributed by atoms with Crippen molar-refractivity contribution in [3.05, 3.63) is 120 Å². The van der Waals surface area contributed by atoms with Crippen LogP contribution in [-0.2, 0) is 11.3 Å². The Morgan fingerprint density at radius 3 is 2.08 bits per heavy atom. The monoisotopic (exact) mass is 477 g/mol. The second kappa shape index (κ2) is 11.1. The van der Waals surface area contributed by atoms with Crippen LogP contribution in [0.3, 0.4) is 0 Å². The molecular weight excluding hydrogens is 450 g/mol. The number of aliphatic carboxylic acids is 1. The van der Waals surface area contributed by atoms with Crippen molar-refractivity contribution in [2.45, 2.75) is 6.54 Å². The van der Waals surface area contributed by atoms with E-state index in [1.807, 2.05) is 44.4 Å². The van der Waals surface area contributed by atoms with Gasteiger partial charge in [0.05, 0.1) is 18.4 Å². The van der Waals surface area contributed by atoms with E-state index in [0.717, 1.165) is 28.5 Å². The Morgan fingerprint density at radius 1 is 0.833 bits per heavy atom. The molecule has 0 aliphatic carbocycles. The molecule has 4 aromatic rings. The first kappa shape index (κ1) is 24.4. The Balaban J connectivity index is 1.62. The maximum atomic E-state index is 13.5. The van der Waals surface area contributed by atoms with Gasteiger partial charge in [0.25, 0.3) is 5.91 Å². The van der Waals surface area contributed by atoms with E-state index in [1.54, 1.807) is 35.5 Å². The van der Waals surface area contributed by atoms with Gasteiger partial charge < -0.3 is 14.9 Å². The van der Waals surface area contributed by atoms with Crippen LogP contribution >= 0.6 is 0 Å². The molecule has 1 aromatic heterocycles. The number of carboxylic acid groups (broad SMARTS) is 1. The largest absolute Gasteiger partial charge is 0.478 e. The Morgan fingerprint density at radius 2 is 1.47 bits per heavy atom. The lowest BCUT2D eigenvalue weighted by atomic mass is 10.0. The van der Waals surface area contributed by atoms with Crippen LogP contribution in [0.2, 0.25) is 0 Å². The van der Waals surface area contributed by atoms with Gasteiger partial charge in [-0.2, -0.15) is 0 Å². The molecule has 1 heterocycles. The number of benzene rings is 3. The predicted octanol–water partition coefficient (Wildman–Crippen LogP) is 5.76. The minimum Gasteiger partial charge on any atom is -0.478 e. The zero-order valence-corrected chi connectivity index (χ0v) is 20.2. The highest BCUT2D eigenvalue weighted by molar-refractivity contribution is 6.06. The molecule has 180 valence electrons. The summed E-state index contributed by atoms with van der Waals surface area (Å²) in [5.41, 5.74) is 6.04. The summed E-state index contributed by atoms with van der Waals surface area (Å²) < 4.78 is 0. The fourth-order valence-corrected chi connectivity index (χ4v) is 3.81. The molecule has 3 aromatic carbocycles. The molecule has 1 N–H and O–H groups in total. The fraction of sp³-hybridized carbons (Fsp3) is 0.100. The highest BCUT2D eigenvalue weighted by Gasteiger charge is 2.19. The number of amides is 1. The number of anilines is 2. The maximum absolute atomic E-state index is 13.5. The van der Waals surface area contributed by atoms with Crippen LogP contribution in [-0.4, -0.2) is 36.1 Å². The van der Waals surface area contributed by atoms with E-state index in [-0.39, 0.29) is 5.91 Å². The first-order valence-corrected chi connectivity index (χ1v) is 11.5. The van der Waals surface area contributed by atoms with Crippen LogP contribution in [0.15, 0.2) is 103 Å². The normalized spacial score (nSPS) is 10.8. The van der Waals surface area contributed by atoms with Crippen LogP contribution < -0.4 is 9.80 Å². The van der Waals surface area contributed by atoms with Gasteiger partial charge in [0, 0.05) is 37.6 Å². The number of carboxylic acids is 1. The average molecular weight is 478 g/mol. The van der Waals surface area contributed by atoms with Gasteiger partial charge in [-0.25, -0.2) is 4.79 Å². The van der Waals surface area contributed by atoms with E-state index >= 15 is 0 Å². The van der Waals surface area contributed by atoms with Crippen LogP contribution in [0.4, 0.5) is 11.4 Å². The molecule has 0 spiro atoms. The van der Waals surface area contributed by atoms with Crippen LogP contribution in [0.5, 0.6) is 0 Å². The fourth-order valence-electron chi connectivity index (χ4n) is 3.81. The molecule has 0 aliphatic heterocycles. The van der Waals surface area contributed by atoms with E-state index in [1.165, 1.54) is 6.08 Å². The van der Waals surface area contributed by atoms with Crippen LogP contribution in [0.1, 0.15) is 21.5 Å². The summed E-state index contributed by atoms with van der Waals surface area (Å²) in [4.78, 5) is 32.4. The second-order valence-corrected chi connectivity index (χ2v) is 8.54. The summed E-state index contributed by atoms with van der Waals surface area (Å²) in [6, 6.07) is 27.3. The topological polar surface area (TPSA) is 73.7 Å². The molecule has 4 rings (SSSR count). The van der Waals surface area contributed by atoms with Gasteiger partial charge in [0.2, 0.25) is 0 Å². The lowest BCUT2D eigenvalue weighted by molar-refractivity contribution is -0.131. The first-order valence-electron chi connectivity index (χ1n) is 11.5. The van der Waals surface area contributed by atoms with Crippen LogP contribution in [0, 0.1) is 0 Å². The van der Waals surface area contributed by atoms with E-state index in [2.05, 4.69) is 46.3 Å². The first-order chi connectivity index (χ1) is 17.4. The van der Waals surface area contributed by atoms with Crippen molar-refractivity contribution in [2.24, 2.45) is 0 Å². The highest BCUT2D eigenvalue weighted by Crippen LogP contribution is 2.25. The Kier molecular flexibility index (Phi) is 7.56. The summed E-state index contributed by atoms with van der Waals surface area (Å²) in [5, 5.41) is 8.95. The SMILES string of the molecule is CN(C)c1ccc(-c2ccc(CN(C(=O)c3ccccc3)c3cncc(/C=C/C(=O)O)c3)cc2)cc1. The van der Waals surface area contributed by atoms with Crippen LogP contribution in [0.25, 0.3) is 17.2 Å². The average Bonchev–Trinajstić information content (AvgIpc) is 2.91. The maximum Gasteiger partial charge on any atom is 0.328 e. The van der Waals surface area contributed by atoms with Gasteiger partial charge in [-0.05, 0) is 58.7 Å². The number of nitrogens with zero attached hydrogens (tertiary/aromatic N) is 3. The Labute approximate surface area is 210 Å². The zero-order valence-electron chi connectivity index (χ0n) is 20.2. The molecule has 6 nitrogen and oxygen atoms in total. The van der Waals surface area contributed by atoms with Gasteiger partial charge >= 0.3 is 5.97 Å². The lowest BCUT2D eigenvalue weighted by Gasteiger charge is -2.23. The minimum atomic E-state index is -1.05. The predicted molar refractivity (Wildman–Crippen MR) is 144 cm³/mol. The van der Waals surface area contributed by atoms with Gasteiger partial charge in [-0.3, -0.25) is 9.78 Å². The number of carbonyl (C=O) groups is 2. The number of pyridine rings is 1. The number of carbonyl (C=O) groups excluding carboxylic acids is 1. The van der Waals surface area contributed by atoms with Crippen molar-refractivity contribution in [1.29, 1.82) is 0 Å². The molecule has 0 radical (unpaired) electrons. The molecule has 6 heteroatoms. The summed E-state index contributed by atoms with van der Waals surface area (Å²) in [7, 11) is 4.03. The van der Waals surface area contributed by atoms with Crippen molar-refractivity contribution >= 4 is 29.3 Å². The summed E-state index contributed by atoms with van der Waals surface area (Å²) in [6.07, 6.45) is 5.68. The van der Waals surface area contributed by atoms with Crippen molar-refractivity contribution in [2.75, 3.05) is 23.9 Å². The number of hydrogen-bond donors (Lipinski definition) is 1. The molecule has 0 aliphatic rings. The quantitative estimate of drug-likeness (QED) is 0.327.